The first kappa shape index (κ1) is 11.1. The van der Waals surface area contributed by atoms with Gasteiger partial charge in [-0.05, 0) is 33.1 Å². The van der Waals surface area contributed by atoms with Gasteiger partial charge < -0.3 is 10.1 Å². The van der Waals surface area contributed by atoms with Crippen molar-refractivity contribution in [3.63, 3.8) is 0 Å². The highest BCUT2D eigenvalue weighted by molar-refractivity contribution is 5.41. The van der Waals surface area contributed by atoms with Crippen LogP contribution in [0, 0.1) is 0 Å². The van der Waals surface area contributed by atoms with Gasteiger partial charge in [0.05, 0.1) is 11.7 Å². The van der Waals surface area contributed by atoms with Gasteiger partial charge in [-0.3, -0.25) is 0 Å². The maximum atomic E-state index is 5.41. The largest absolute Gasteiger partial charge is 0.381 e. The second-order valence-electron chi connectivity index (χ2n) is 5.42. The van der Waals surface area contributed by atoms with Gasteiger partial charge >= 0.3 is 0 Å². The summed E-state index contributed by atoms with van der Waals surface area (Å²) in [5, 5.41) is 8.31. The molecule has 0 bridgehead atoms. The highest BCUT2D eigenvalue weighted by Crippen LogP contribution is 2.32. The maximum absolute atomic E-state index is 5.41. The Morgan fingerprint density at radius 3 is 2.88 bits per heavy atom. The van der Waals surface area contributed by atoms with Gasteiger partial charge in [-0.25, -0.2) is 4.68 Å². The zero-order chi connectivity index (χ0) is 11.8. The number of hydrogen-bond donors (Lipinski definition) is 1. The minimum atomic E-state index is 0.509. The molecule has 0 radical (unpaired) electrons. The lowest BCUT2D eigenvalue weighted by atomic mass is 9.97. The maximum Gasteiger partial charge on any atom is 0.125 e. The summed E-state index contributed by atoms with van der Waals surface area (Å²) in [4.78, 5) is 0. The predicted molar refractivity (Wildman–Crippen MR) is 67.4 cm³/mol. The van der Waals surface area contributed by atoms with Crippen molar-refractivity contribution in [2.75, 3.05) is 18.5 Å². The van der Waals surface area contributed by atoms with Crippen molar-refractivity contribution in [3.8, 4) is 0 Å². The van der Waals surface area contributed by atoms with Gasteiger partial charge in [-0.1, -0.05) is 0 Å². The molecule has 2 atom stereocenters. The fraction of sp³-hybridized carbons (Fsp3) is 0.769. The summed E-state index contributed by atoms with van der Waals surface area (Å²) in [6.45, 7) is 6.25. The van der Waals surface area contributed by atoms with Gasteiger partial charge in [0.15, 0.2) is 0 Å². The summed E-state index contributed by atoms with van der Waals surface area (Å²) in [7, 11) is 0. The molecule has 2 aliphatic heterocycles. The summed E-state index contributed by atoms with van der Waals surface area (Å²) in [6, 6.07) is 3.30. The van der Waals surface area contributed by atoms with E-state index in [0.29, 0.717) is 18.0 Å². The highest BCUT2D eigenvalue weighted by atomic mass is 16.5. The van der Waals surface area contributed by atoms with Crippen LogP contribution in [0.2, 0.25) is 0 Å². The standard InChI is InChI=1S/C13H21N3O/c1-9-7-10(2)16-13(14-9)8-12(15-16)11-3-5-17-6-4-11/h8-11,14H,3-7H2,1-2H3. The van der Waals surface area contributed by atoms with Gasteiger partial charge in [-0.15, -0.1) is 0 Å². The SMILES string of the molecule is CC1CC(C)n2nc(C3CCOCC3)cc2N1. The number of rotatable bonds is 1. The van der Waals surface area contributed by atoms with Gasteiger partial charge in [0.25, 0.3) is 0 Å². The Bertz CT molecular complexity index is 395. The number of nitrogens with zero attached hydrogens (tertiary/aromatic N) is 2. The predicted octanol–water partition coefficient (Wildman–Crippen LogP) is 2.54. The molecule has 1 fully saturated rings. The Morgan fingerprint density at radius 2 is 2.12 bits per heavy atom. The van der Waals surface area contributed by atoms with Gasteiger partial charge in [0.1, 0.15) is 5.82 Å². The molecular formula is C13H21N3O. The van der Waals surface area contributed by atoms with Crippen LogP contribution < -0.4 is 5.32 Å². The molecule has 2 unspecified atom stereocenters. The van der Waals surface area contributed by atoms with E-state index in [1.54, 1.807) is 0 Å². The number of hydrogen-bond acceptors (Lipinski definition) is 3. The molecule has 94 valence electrons. The number of fused-ring (bicyclic) bond motifs is 1. The average molecular weight is 235 g/mol. The van der Waals surface area contributed by atoms with Crippen LogP contribution in [0.3, 0.4) is 0 Å². The van der Waals surface area contributed by atoms with E-state index < -0.39 is 0 Å². The van der Waals surface area contributed by atoms with Crippen LogP contribution in [0.1, 0.15) is 50.8 Å². The van der Waals surface area contributed by atoms with Crippen LogP contribution in [0.4, 0.5) is 5.82 Å². The average Bonchev–Trinajstić information content (AvgIpc) is 2.74. The van der Waals surface area contributed by atoms with Crippen LogP contribution in [0.25, 0.3) is 0 Å². The van der Waals surface area contributed by atoms with E-state index in [-0.39, 0.29) is 0 Å². The summed E-state index contributed by atoms with van der Waals surface area (Å²) in [5.74, 6) is 1.78. The normalized spacial score (nSPS) is 29.8. The molecule has 17 heavy (non-hydrogen) atoms. The molecule has 0 aromatic carbocycles. The van der Waals surface area contributed by atoms with Crippen molar-refractivity contribution in [1.29, 1.82) is 0 Å². The smallest absolute Gasteiger partial charge is 0.125 e. The van der Waals surface area contributed by atoms with Crippen molar-refractivity contribution in [1.82, 2.24) is 9.78 Å². The van der Waals surface area contributed by atoms with Crippen molar-refractivity contribution >= 4 is 5.82 Å². The van der Waals surface area contributed by atoms with E-state index in [2.05, 4.69) is 29.9 Å². The van der Waals surface area contributed by atoms with E-state index in [4.69, 9.17) is 9.84 Å². The Kier molecular flexibility index (Phi) is 2.82. The summed E-state index contributed by atoms with van der Waals surface area (Å²) in [6.07, 6.45) is 3.38. The molecule has 2 aliphatic rings. The fourth-order valence-corrected chi connectivity index (χ4v) is 2.97. The number of aromatic nitrogens is 2. The molecule has 1 aromatic rings. The molecule has 4 heteroatoms. The summed E-state index contributed by atoms with van der Waals surface area (Å²) < 4.78 is 7.57. The van der Waals surface area contributed by atoms with Crippen molar-refractivity contribution < 1.29 is 4.74 Å². The summed E-state index contributed by atoms with van der Waals surface area (Å²) in [5.41, 5.74) is 1.25. The first-order valence-corrected chi connectivity index (χ1v) is 6.68. The van der Waals surface area contributed by atoms with Crippen LogP contribution >= 0.6 is 0 Å². The first-order valence-electron chi connectivity index (χ1n) is 6.68. The third kappa shape index (κ3) is 2.06. The monoisotopic (exact) mass is 235 g/mol. The van der Waals surface area contributed by atoms with E-state index in [1.165, 1.54) is 11.5 Å². The Hall–Kier alpha value is -1.03. The minimum absolute atomic E-state index is 0.509. The molecule has 1 saturated heterocycles. The molecule has 0 aliphatic carbocycles. The van der Waals surface area contributed by atoms with Gasteiger partial charge in [-0.2, -0.15) is 5.10 Å². The number of anilines is 1. The van der Waals surface area contributed by atoms with Crippen LogP contribution in [-0.2, 0) is 4.74 Å². The van der Waals surface area contributed by atoms with E-state index >= 15 is 0 Å². The zero-order valence-corrected chi connectivity index (χ0v) is 10.6. The van der Waals surface area contributed by atoms with Gasteiger partial charge in [0.2, 0.25) is 0 Å². The fourth-order valence-electron chi connectivity index (χ4n) is 2.97. The molecule has 4 nitrogen and oxygen atoms in total. The Labute approximate surface area is 102 Å². The number of nitrogens with one attached hydrogen (secondary N) is 1. The lowest BCUT2D eigenvalue weighted by Gasteiger charge is -2.27. The molecule has 0 amide bonds. The topological polar surface area (TPSA) is 39.1 Å². The van der Waals surface area contributed by atoms with E-state index in [0.717, 1.165) is 32.5 Å². The van der Waals surface area contributed by atoms with Crippen LogP contribution in [0.5, 0.6) is 0 Å². The van der Waals surface area contributed by atoms with Crippen LogP contribution in [-0.4, -0.2) is 29.0 Å². The lowest BCUT2D eigenvalue weighted by Crippen LogP contribution is -2.28. The van der Waals surface area contributed by atoms with Crippen molar-refractivity contribution in [2.24, 2.45) is 0 Å². The molecule has 1 aromatic heterocycles. The summed E-state index contributed by atoms with van der Waals surface area (Å²) >= 11 is 0. The molecule has 1 N–H and O–H groups in total. The van der Waals surface area contributed by atoms with Crippen molar-refractivity contribution in [2.45, 2.75) is 51.1 Å². The number of ether oxygens (including phenoxy) is 1. The Morgan fingerprint density at radius 1 is 1.35 bits per heavy atom. The van der Waals surface area contributed by atoms with E-state index in [1.807, 2.05) is 0 Å². The first-order chi connectivity index (χ1) is 8.24. The molecular weight excluding hydrogens is 214 g/mol. The molecule has 0 saturated carbocycles. The molecule has 0 spiro atoms. The third-order valence-electron chi connectivity index (χ3n) is 3.90. The van der Waals surface area contributed by atoms with Crippen molar-refractivity contribution in [3.05, 3.63) is 11.8 Å². The van der Waals surface area contributed by atoms with Gasteiger partial charge in [0, 0.05) is 31.2 Å². The Balaban J connectivity index is 1.85. The second-order valence-corrected chi connectivity index (χ2v) is 5.42. The zero-order valence-electron chi connectivity index (χ0n) is 10.6. The quantitative estimate of drug-likeness (QED) is 0.813. The van der Waals surface area contributed by atoms with E-state index in [9.17, 15) is 0 Å². The molecule has 3 heterocycles. The second kappa shape index (κ2) is 4.33. The minimum Gasteiger partial charge on any atom is -0.381 e. The third-order valence-corrected chi connectivity index (χ3v) is 3.90. The lowest BCUT2D eigenvalue weighted by molar-refractivity contribution is 0.0843. The van der Waals surface area contributed by atoms with Crippen LogP contribution in [0.15, 0.2) is 6.07 Å². The molecule has 3 rings (SSSR count). The highest BCUT2D eigenvalue weighted by Gasteiger charge is 2.25.